The van der Waals surface area contributed by atoms with Crippen molar-refractivity contribution in [3.8, 4) is 0 Å². The molecule has 2 fully saturated rings. The first-order valence-corrected chi connectivity index (χ1v) is 12.1. The van der Waals surface area contributed by atoms with Crippen molar-refractivity contribution in [2.75, 3.05) is 52.9 Å². The summed E-state index contributed by atoms with van der Waals surface area (Å²) in [6.07, 6.45) is 1.77. The standard InChI is InChI=1S/C21H34N4O4S/c1-21(2)16-25(13-12-24(21)3)11-10-22-20(26)17-6-8-19(9-7-17)30(27,28)23-15-18-5-4-14-29-18/h6-9,18,23H,4-5,10-16H2,1-3H3,(H,22,26)/t18-/m1/s1. The van der Waals surface area contributed by atoms with Gasteiger partial charge in [-0.1, -0.05) is 0 Å². The molecule has 8 nitrogen and oxygen atoms in total. The number of hydrogen-bond acceptors (Lipinski definition) is 6. The first kappa shape index (κ1) is 23.1. The van der Waals surface area contributed by atoms with Crippen LogP contribution in [0.2, 0.25) is 0 Å². The molecular formula is C21H34N4O4S. The van der Waals surface area contributed by atoms with Gasteiger partial charge in [0.2, 0.25) is 10.0 Å². The second kappa shape index (κ2) is 9.74. The van der Waals surface area contributed by atoms with E-state index in [0.29, 0.717) is 18.7 Å². The Hall–Kier alpha value is -1.52. The van der Waals surface area contributed by atoms with E-state index >= 15 is 0 Å². The van der Waals surface area contributed by atoms with Crippen molar-refractivity contribution in [2.45, 2.75) is 43.2 Å². The number of likely N-dealkylation sites (N-methyl/N-ethyl adjacent to an activating group) is 1. The smallest absolute Gasteiger partial charge is 0.251 e. The monoisotopic (exact) mass is 438 g/mol. The third-order valence-electron chi connectivity index (χ3n) is 6.06. The fourth-order valence-electron chi connectivity index (χ4n) is 3.84. The number of nitrogens with one attached hydrogen (secondary N) is 2. The lowest BCUT2D eigenvalue weighted by atomic mass is 10.00. The van der Waals surface area contributed by atoms with Crippen LogP contribution in [-0.4, -0.2) is 88.7 Å². The second-order valence-electron chi connectivity index (χ2n) is 8.78. The largest absolute Gasteiger partial charge is 0.377 e. The molecule has 0 spiro atoms. The maximum absolute atomic E-state index is 12.4. The normalized spacial score (nSPS) is 22.8. The lowest BCUT2D eigenvalue weighted by Gasteiger charge is -2.45. The summed E-state index contributed by atoms with van der Waals surface area (Å²) in [6, 6.07) is 6.04. The molecule has 1 atom stereocenters. The van der Waals surface area contributed by atoms with Crippen molar-refractivity contribution in [1.82, 2.24) is 19.8 Å². The Morgan fingerprint density at radius 3 is 2.60 bits per heavy atom. The minimum Gasteiger partial charge on any atom is -0.377 e. The molecule has 2 N–H and O–H groups in total. The molecule has 168 valence electrons. The van der Waals surface area contributed by atoms with Crippen LogP contribution in [0.15, 0.2) is 29.2 Å². The van der Waals surface area contributed by atoms with Crippen LogP contribution in [0.5, 0.6) is 0 Å². The number of hydrogen-bond donors (Lipinski definition) is 2. The maximum Gasteiger partial charge on any atom is 0.251 e. The molecule has 1 aromatic rings. The molecular weight excluding hydrogens is 404 g/mol. The zero-order valence-electron chi connectivity index (χ0n) is 18.2. The fraction of sp³-hybridized carbons (Fsp3) is 0.667. The summed E-state index contributed by atoms with van der Waals surface area (Å²) in [4.78, 5) is 17.3. The molecule has 0 bridgehead atoms. The van der Waals surface area contributed by atoms with Gasteiger partial charge in [-0.2, -0.15) is 0 Å². The van der Waals surface area contributed by atoms with Crippen molar-refractivity contribution in [2.24, 2.45) is 0 Å². The maximum atomic E-state index is 12.4. The molecule has 0 aliphatic carbocycles. The highest BCUT2D eigenvalue weighted by molar-refractivity contribution is 7.89. The predicted octanol–water partition coefficient (Wildman–Crippen LogP) is 0.900. The third kappa shape index (κ3) is 6.01. The Labute approximate surface area is 180 Å². The van der Waals surface area contributed by atoms with Gasteiger partial charge in [-0.25, -0.2) is 13.1 Å². The summed E-state index contributed by atoms with van der Waals surface area (Å²) in [5.74, 6) is -0.195. The van der Waals surface area contributed by atoms with Crippen molar-refractivity contribution in [1.29, 1.82) is 0 Å². The lowest BCUT2D eigenvalue weighted by molar-refractivity contribution is 0.0406. The Kier molecular flexibility index (Phi) is 7.52. The van der Waals surface area contributed by atoms with Crippen LogP contribution in [0.4, 0.5) is 0 Å². The van der Waals surface area contributed by atoms with E-state index in [-0.39, 0.29) is 29.0 Å². The van der Waals surface area contributed by atoms with Crippen LogP contribution in [-0.2, 0) is 14.8 Å². The topological polar surface area (TPSA) is 91.0 Å². The van der Waals surface area contributed by atoms with Crippen molar-refractivity contribution < 1.29 is 17.9 Å². The summed E-state index contributed by atoms with van der Waals surface area (Å²) in [5, 5.41) is 2.93. The van der Waals surface area contributed by atoms with Gasteiger partial charge in [-0.05, 0) is 58.0 Å². The summed E-state index contributed by atoms with van der Waals surface area (Å²) in [6.45, 7) is 9.72. The molecule has 1 amide bonds. The highest BCUT2D eigenvalue weighted by atomic mass is 32.2. The molecule has 9 heteroatoms. The van der Waals surface area contributed by atoms with Gasteiger partial charge in [0.1, 0.15) is 0 Å². The SMILES string of the molecule is CN1CCN(CCNC(=O)c2ccc(S(=O)(=O)NC[C@H]3CCCO3)cc2)CC1(C)C. The molecule has 0 saturated carbocycles. The molecule has 0 radical (unpaired) electrons. The number of rotatable bonds is 8. The van der Waals surface area contributed by atoms with Gasteiger partial charge >= 0.3 is 0 Å². The number of benzene rings is 1. The zero-order valence-corrected chi connectivity index (χ0v) is 19.0. The van der Waals surface area contributed by atoms with Crippen molar-refractivity contribution in [3.63, 3.8) is 0 Å². The van der Waals surface area contributed by atoms with E-state index in [1.54, 1.807) is 12.1 Å². The first-order chi connectivity index (χ1) is 14.2. The van der Waals surface area contributed by atoms with Crippen molar-refractivity contribution >= 4 is 15.9 Å². The average molecular weight is 439 g/mol. The van der Waals surface area contributed by atoms with Crippen LogP contribution in [0, 0.1) is 0 Å². The third-order valence-corrected chi connectivity index (χ3v) is 7.50. The Balaban J connectivity index is 1.46. The van der Waals surface area contributed by atoms with Gasteiger partial charge in [0.15, 0.2) is 0 Å². The minimum absolute atomic E-state index is 0.0595. The Morgan fingerprint density at radius 2 is 1.97 bits per heavy atom. The van der Waals surface area contributed by atoms with Crippen LogP contribution >= 0.6 is 0 Å². The number of carbonyl (C=O) groups is 1. The van der Waals surface area contributed by atoms with E-state index in [4.69, 9.17) is 4.74 Å². The van der Waals surface area contributed by atoms with E-state index in [0.717, 1.165) is 39.0 Å². The lowest BCUT2D eigenvalue weighted by Crippen LogP contribution is -2.58. The van der Waals surface area contributed by atoms with Gasteiger partial charge in [0, 0.05) is 57.0 Å². The molecule has 2 heterocycles. The quantitative estimate of drug-likeness (QED) is 0.627. The van der Waals surface area contributed by atoms with E-state index in [1.807, 2.05) is 0 Å². The molecule has 1 aromatic carbocycles. The van der Waals surface area contributed by atoms with Crippen LogP contribution in [0.3, 0.4) is 0 Å². The van der Waals surface area contributed by atoms with Crippen LogP contribution in [0.1, 0.15) is 37.0 Å². The van der Waals surface area contributed by atoms with E-state index in [9.17, 15) is 13.2 Å². The molecule has 2 saturated heterocycles. The summed E-state index contributed by atoms with van der Waals surface area (Å²) < 4.78 is 32.9. The highest BCUT2D eigenvalue weighted by Crippen LogP contribution is 2.18. The Morgan fingerprint density at radius 1 is 1.23 bits per heavy atom. The number of nitrogens with zero attached hydrogens (tertiary/aromatic N) is 2. The number of carbonyl (C=O) groups excluding carboxylic acids is 1. The van der Waals surface area contributed by atoms with Crippen molar-refractivity contribution in [3.05, 3.63) is 29.8 Å². The van der Waals surface area contributed by atoms with Gasteiger partial charge in [0.25, 0.3) is 5.91 Å². The molecule has 0 aromatic heterocycles. The molecule has 30 heavy (non-hydrogen) atoms. The van der Waals surface area contributed by atoms with Gasteiger partial charge in [-0.15, -0.1) is 0 Å². The number of ether oxygens (including phenoxy) is 1. The minimum atomic E-state index is -3.61. The van der Waals surface area contributed by atoms with Crippen LogP contribution < -0.4 is 10.0 Å². The summed E-state index contributed by atoms with van der Waals surface area (Å²) >= 11 is 0. The molecule has 2 aliphatic heterocycles. The van der Waals surface area contributed by atoms with Gasteiger partial charge in [0.05, 0.1) is 11.0 Å². The molecule has 0 unspecified atom stereocenters. The Bertz CT molecular complexity index is 820. The number of amides is 1. The second-order valence-corrected chi connectivity index (χ2v) is 10.5. The fourth-order valence-corrected chi connectivity index (χ4v) is 4.90. The van der Waals surface area contributed by atoms with E-state index < -0.39 is 10.0 Å². The highest BCUT2D eigenvalue weighted by Gasteiger charge is 2.30. The molecule has 3 rings (SSSR count). The van der Waals surface area contributed by atoms with E-state index in [2.05, 4.69) is 40.7 Å². The number of sulfonamides is 1. The summed E-state index contributed by atoms with van der Waals surface area (Å²) in [5.41, 5.74) is 0.577. The molecule has 2 aliphatic rings. The zero-order chi connectivity index (χ0) is 21.8. The first-order valence-electron chi connectivity index (χ1n) is 10.6. The average Bonchev–Trinajstić information content (AvgIpc) is 3.23. The summed E-state index contributed by atoms with van der Waals surface area (Å²) in [7, 11) is -1.47. The van der Waals surface area contributed by atoms with Gasteiger partial charge < -0.3 is 10.1 Å². The van der Waals surface area contributed by atoms with E-state index in [1.165, 1.54) is 12.1 Å². The van der Waals surface area contributed by atoms with Crippen LogP contribution in [0.25, 0.3) is 0 Å². The number of piperazine rings is 1. The van der Waals surface area contributed by atoms with Gasteiger partial charge in [-0.3, -0.25) is 14.6 Å². The predicted molar refractivity (Wildman–Crippen MR) is 116 cm³/mol.